The van der Waals surface area contributed by atoms with Crippen molar-refractivity contribution in [3.05, 3.63) is 35.6 Å². The van der Waals surface area contributed by atoms with Crippen LogP contribution >= 0.6 is 0 Å². The molecule has 0 aliphatic rings. The Hall–Kier alpha value is -1.42. The molecule has 2 atom stereocenters. The van der Waals surface area contributed by atoms with Gasteiger partial charge in [-0.3, -0.25) is 4.79 Å². The molecular formula is C17H27FN2O. The Balaban J connectivity index is 2.76. The SMILES string of the molecule is CC(CN)CCC(=O)NC(c1ccc(F)cc1)C(C)(C)C. The predicted molar refractivity (Wildman–Crippen MR) is 84.2 cm³/mol. The average molecular weight is 294 g/mol. The van der Waals surface area contributed by atoms with Crippen molar-refractivity contribution in [3.8, 4) is 0 Å². The topological polar surface area (TPSA) is 55.1 Å². The van der Waals surface area contributed by atoms with E-state index in [9.17, 15) is 9.18 Å². The lowest BCUT2D eigenvalue weighted by atomic mass is 9.82. The Morgan fingerprint density at radius 3 is 2.33 bits per heavy atom. The van der Waals surface area contributed by atoms with Gasteiger partial charge < -0.3 is 11.1 Å². The Morgan fingerprint density at radius 2 is 1.86 bits per heavy atom. The van der Waals surface area contributed by atoms with Crippen LogP contribution in [0.5, 0.6) is 0 Å². The summed E-state index contributed by atoms with van der Waals surface area (Å²) >= 11 is 0. The molecule has 0 bridgehead atoms. The number of amides is 1. The van der Waals surface area contributed by atoms with Crippen LogP contribution < -0.4 is 11.1 Å². The summed E-state index contributed by atoms with van der Waals surface area (Å²) < 4.78 is 13.1. The molecule has 0 radical (unpaired) electrons. The number of nitrogens with two attached hydrogens (primary N) is 1. The summed E-state index contributed by atoms with van der Waals surface area (Å²) in [6, 6.07) is 6.17. The van der Waals surface area contributed by atoms with Crippen LogP contribution in [0.2, 0.25) is 0 Å². The Bertz CT molecular complexity index is 451. The van der Waals surface area contributed by atoms with E-state index in [-0.39, 0.29) is 23.2 Å². The molecule has 0 saturated heterocycles. The molecule has 0 aliphatic carbocycles. The van der Waals surface area contributed by atoms with Gasteiger partial charge in [-0.1, -0.05) is 39.8 Å². The van der Waals surface area contributed by atoms with Gasteiger partial charge >= 0.3 is 0 Å². The van der Waals surface area contributed by atoms with Gasteiger partial charge in [0, 0.05) is 6.42 Å². The first-order valence-electron chi connectivity index (χ1n) is 7.49. The third-order valence-corrected chi connectivity index (χ3v) is 3.64. The molecule has 0 spiro atoms. The summed E-state index contributed by atoms with van der Waals surface area (Å²) in [6.45, 7) is 8.81. The maximum absolute atomic E-state index is 13.1. The van der Waals surface area contributed by atoms with E-state index in [1.165, 1.54) is 12.1 Å². The number of halogens is 1. The monoisotopic (exact) mass is 294 g/mol. The molecule has 0 heterocycles. The first kappa shape index (κ1) is 17.6. The van der Waals surface area contributed by atoms with E-state index in [0.29, 0.717) is 18.9 Å². The lowest BCUT2D eigenvalue weighted by molar-refractivity contribution is -0.122. The normalized spacial score (nSPS) is 14.6. The number of benzene rings is 1. The molecule has 1 amide bonds. The maximum Gasteiger partial charge on any atom is 0.220 e. The minimum absolute atomic E-state index is 0.0135. The van der Waals surface area contributed by atoms with E-state index in [0.717, 1.165) is 12.0 Å². The molecule has 21 heavy (non-hydrogen) atoms. The third-order valence-electron chi connectivity index (χ3n) is 3.64. The van der Waals surface area contributed by atoms with Gasteiger partial charge in [0.05, 0.1) is 6.04 Å². The summed E-state index contributed by atoms with van der Waals surface area (Å²) in [4.78, 5) is 12.1. The first-order chi connectivity index (χ1) is 9.74. The minimum Gasteiger partial charge on any atom is -0.349 e. The van der Waals surface area contributed by atoms with Crippen LogP contribution in [0.4, 0.5) is 4.39 Å². The lowest BCUT2D eigenvalue weighted by Crippen LogP contribution is -2.36. The molecule has 118 valence electrons. The molecule has 4 heteroatoms. The van der Waals surface area contributed by atoms with Crippen molar-refractivity contribution in [2.75, 3.05) is 6.54 Å². The van der Waals surface area contributed by atoms with Crippen molar-refractivity contribution in [2.24, 2.45) is 17.1 Å². The minimum atomic E-state index is -0.269. The fourth-order valence-corrected chi connectivity index (χ4v) is 2.18. The molecule has 1 aromatic carbocycles. The molecule has 1 aromatic rings. The second kappa shape index (κ2) is 7.55. The first-order valence-corrected chi connectivity index (χ1v) is 7.49. The number of rotatable bonds is 6. The largest absolute Gasteiger partial charge is 0.349 e. The molecule has 2 unspecified atom stereocenters. The van der Waals surface area contributed by atoms with Gasteiger partial charge in [0.15, 0.2) is 0 Å². The molecule has 0 aromatic heterocycles. The van der Waals surface area contributed by atoms with E-state index in [1.807, 2.05) is 6.92 Å². The van der Waals surface area contributed by atoms with Gasteiger partial charge in [0.25, 0.3) is 0 Å². The van der Waals surface area contributed by atoms with Gasteiger partial charge in [-0.25, -0.2) is 4.39 Å². The van der Waals surface area contributed by atoms with E-state index in [4.69, 9.17) is 5.73 Å². The predicted octanol–water partition coefficient (Wildman–Crippen LogP) is 3.40. The number of hydrogen-bond acceptors (Lipinski definition) is 2. The zero-order valence-corrected chi connectivity index (χ0v) is 13.4. The summed E-state index contributed by atoms with van der Waals surface area (Å²) in [5, 5.41) is 3.07. The zero-order chi connectivity index (χ0) is 16.0. The average Bonchev–Trinajstić information content (AvgIpc) is 2.42. The van der Waals surface area contributed by atoms with Crippen LogP contribution in [0, 0.1) is 17.2 Å². The zero-order valence-electron chi connectivity index (χ0n) is 13.4. The maximum atomic E-state index is 13.1. The van der Waals surface area contributed by atoms with Crippen molar-refractivity contribution in [3.63, 3.8) is 0 Å². The highest BCUT2D eigenvalue weighted by Gasteiger charge is 2.27. The number of nitrogens with one attached hydrogen (secondary N) is 1. The van der Waals surface area contributed by atoms with Crippen LogP contribution in [-0.4, -0.2) is 12.5 Å². The molecule has 1 rings (SSSR count). The fourth-order valence-electron chi connectivity index (χ4n) is 2.18. The lowest BCUT2D eigenvalue weighted by Gasteiger charge is -2.32. The molecule has 0 saturated carbocycles. The highest BCUT2D eigenvalue weighted by Crippen LogP contribution is 2.32. The van der Waals surface area contributed by atoms with Gasteiger partial charge in [-0.2, -0.15) is 0 Å². The molecule has 3 N–H and O–H groups in total. The Morgan fingerprint density at radius 1 is 1.29 bits per heavy atom. The highest BCUT2D eigenvalue weighted by molar-refractivity contribution is 5.76. The summed E-state index contributed by atoms with van der Waals surface area (Å²) in [5.74, 6) is 0.0868. The van der Waals surface area contributed by atoms with Gasteiger partial charge in [0.1, 0.15) is 5.82 Å². The highest BCUT2D eigenvalue weighted by atomic mass is 19.1. The van der Waals surface area contributed by atoms with Crippen LogP contribution in [0.15, 0.2) is 24.3 Å². The van der Waals surface area contributed by atoms with Crippen LogP contribution in [0.3, 0.4) is 0 Å². The third kappa shape index (κ3) is 5.84. The number of carbonyl (C=O) groups excluding carboxylic acids is 1. The smallest absolute Gasteiger partial charge is 0.220 e. The van der Waals surface area contributed by atoms with Crippen molar-refractivity contribution in [1.29, 1.82) is 0 Å². The van der Waals surface area contributed by atoms with Crippen molar-refractivity contribution < 1.29 is 9.18 Å². The summed E-state index contributed by atoms with van der Waals surface area (Å²) in [6.07, 6.45) is 1.24. The van der Waals surface area contributed by atoms with Crippen LogP contribution in [-0.2, 0) is 4.79 Å². The van der Waals surface area contributed by atoms with E-state index in [1.54, 1.807) is 12.1 Å². The second-order valence-electron chi connectivity index (χ2n) is 6.80. The van der Waals surface area contributed by atoms with Crippen molar-refractivity contribution in [1.82, 2.24) is 5.32 Å². The number of hydrogen-bond donors (Lipinski definition) is 2. The van der Waals surface area contributed by atoms with Crippen LogP contribution in [0.25, 0.3) is 0 Å². The quantitative estimate of drug-likeness (QED) is 0.845. The molecule has 0 aliphatic heterocycles. The standard InChI is InChI=1S/C17H27FN2O/c1-12(11-19)5-10-15(21)20-16(17(2,3)4)13-6-8-14(18)9-7-13/h6-9,12,16H,5,10-11,19H2,1-4H3,(H,20,21). The molecular weight excluding hydrogens is 267 g/mol. The number of carbonyl (C=O) groups is 1. The van der Waals surface area contributed by atoms with E-state index in [2.05, 4.69) is 26.1 Å². The molecule has 0 fully saturated rings. The molecule has 3 nitrogen and oxygen atoms in total. The van der Waals surface area contributed by atoms with E-state index < -0.39 is 0 Å². The van der Waals surface area contributed by atoms with Gasteiger partial charge in [0.2, 0.25) is 5.91 Å². The summed E-state index contributed by atoms with van der Waals surface area (Å²) in [7, 11) is 0. The Labute approximate surface area is 127 Å². The van der Waals surface area contributed by atoms with E-state index >= 15 is 0 Å². The van der Waals surface area contributed by atoms with Gasteiger partial charge in [-0.15, -0.1) is 0 Å². The van der Waals surface area contributed by atoms with Gasteiger partial charge in [-0.05, 0) is 42.0 Å². The second-order valence-corrected chi connectivity index (χ2v) is 6.80. The Kier molecular flexibility index (Phi) is 6.34. The van der Waals surface area contributed by atoms with Crippen molar-refractivity contribution >= 4 is 5.91 Å². The van der Waals surface area contributed by atoms with Crippen LogP contribution in [0.1, 0.15) is 52.1 Å². The summed E-state index contributed by atoms with van der Waals surface area (Å²) in [5.41, 5.74) is 6.34. The fraction of sp³-hybridized carbons (Fsp3) is 0.588. The van der Waals surface area contributed by atoms with Crippen molar-refractivity contribution in [2.45, 2.75) is 46.6 Å².